The molecule has 0 spiro atoms. The molecule has 0 rings (SSSR count). The molecule has 0 aliphatic rings. The molecular formula is C8H15N3. The van der Waals surface area contributed by atoms with Crippen LogP contribution in [0, 0.1) is 5.41 Å². The molecule has 0 fully saturated rings. The van der Waals surface area contributed by atoms with Gasteiger partial charge in [0.25, 0.3) is 0 Å². The minimum Gasteiger partial charge on any atom is -0.363 e. The summed E-state index contributed by atoms with van der Waals surface area (Å²) in [6.45, 7) is 3.59. The normalized spacial score (nSPS) is 12.2. The lowest BCUT2D eigenvalue weighted by atomic mass is 10.4. The molecule has 0 unspecified atom stereocenters. The Morgan fingerprint density at radius 1 is 1.45 bits per heavy atom. The maximum absolute atomic E-state index is 7.15. The number of amidine groups is 2. The smallest absolute Gasteiger partial charge is 0.129 e. The van der Waals surface area contributed by atoms with Gasteiger partial charge in [-0.05, 0) is 19.9 Å². The van der Waals surface area contributed by atoms with Gasteiger partial charge in [0.2, 0.25) is 0 Å². The SMILES string of the molecule is C/C=C\C(=N/C(C)=N)N(C)C. The topological polar surface area (TPSA) is 39.5 Å². The average molecular weight is 153 g/mol. The summed E-state index contributed by atoms with van der Waals surface area (Å²) in [5.74, 6) is 1.13. The highest BCUT2D eigenvalue weighted by Crippen LogP contribution is 1.88. The Morgan fingerprint density at radius 2 is 2.00 bits per heavy atom. The molecule has 0 heterocycles. The van der Waals surface area contributed by atoms with Crippen LogP contribution in [0.5, 0.6) is 0 Å². The van der Waals surface area contributed by atoms with Crippen molar-refractivity contribution in [3.05, 3.63) is 12.2 Å². The number of nitrogens with zero attached hydrogens (tertiary/aromatic N) is 2. The fourth-order valence-corrected chi connectivity index (χ4v) is 0.607. The summed E-state index contributed by atoms with van der Waals surface area (Å²) < 4.78 is 0. The van der Waals surface area contributed by atoms with Crippen LogP contribution < -0.4 is 0 Å². The zero-order valence-electron chi connectivity index (χ0n) is 7.55. The van der Waals surface area contributed by atoms with Crippen molar-refractivity contribution in [2.75, 3.05) is 14.1 Å². The number of nitrogens with one attached hydrogen (secondary N) is 1. The molecule has 0 atom stereocenters. The first kappa shape index (κ1) is 9.88. The molecule has 0 aromatic heterocycles. The van der Waals surface area contributed by atoms with E-state index in [1.165, 1.54) is 0 Å². The minimum atomic E-state index is 0.326. The minimum absolute atomic E-state index is 0.326. The van der Waals surface area contributed by atoms with E-state index in [2.05, 4.69) is 4.99 Å². The molecule has 0 aliphatic heterocycles. The summed E-state index contributed by atoms with van der Waals surface area (Å²) in [5.41, 5.74) is 0. The van der Waals surface area contributed by atoms with E-state index >= 15 is 0 Å². The lowest BCUT2D eigenvalue weighted by molar-refractivity contribution is 0.627. The van der Waals surface area contributed by atoms with Crippen LogP contribution in [0.25, 0.3) is 0 Å². The van der Waals surface area contributed by atoms with E-state index in [0.29, 0.717) is 5.84 Å². The molecule has 0 saturated carbocycles. The second kappa shape index (κ2) is 4.66. The molecule has 0 saturated heterocycles. The average Bonchev–Trinajstić information content (AvgIpc) is 1.86. The van der Waals surface area contributed by atoms with E-state index in [4.69, 9.17) is 5.41 Å². The molecule has 3 nitrogen and oxygen atoms in total. The summed E-state index contributed by atoms with van der Waals surface area (Å²) in [6, 6.07) is 0. The van der Waals surface area contributed by atoms with E-state index in [1.54, 1.807) is 6.92 Å². The van der Waals surface area contributed by atoms with Crippen LogP contribution in [0.4, 0.5) is 0 Å². The first-order valence-electron chi connectivity index (χ1n) is 3.51. The molecule has 11 heavy (non-hydrogen) atoms. The van der Waals surface area contributed by atoms with Crippen molar-refractivity contribution in [2.45, 2.75) is 13.8 Å². The summed E-state index contributed by atoms with van der Waals surface area (Å²) >= 11 is 0. The molecule has 0 aromatic rings. The zero-order valence-corrected chi connectivity index (χ0v) is 7.55. The quantitative estimate of drug-likeness (QED) is 0.450. The maximum Gasteiger partial charge on any atom is 0.129 e. The van der Waals surface area contributed by atoms with Crippen molar-refractivity contribution in [2.24, 2.45) is 4.99 Å². The van der Waals surface area contributed by atoms with Gasteiger partial charge in [0.1, 0.15) is 11.7 Å². The summed E-state index contributed by atoms with van der Waals surface area (Å²) in [7, 11) is 3.81. The van der Waals surface area contributed by atoms with Crippen molar-refractivity contribution in [3.63, 3.8) is 0 Å². The Morgan fingerprint density at radius 3 is 2.27 bits per heavy atom. The fourth-order valence-electron chi connectivity index (χ4n) is 0.607. The third-order valence-corrected chi connectivity index (χ3v) is 1.06. The van der Waals surface area contributed by atoms with E-state index < -0.39 is 0 Å². The Balaban J connectivity index is 4.46. The van der Waals surface area contributed by atoms with E-state index in [9.17, 15) is 0 Å². The van der Waals surface area contributed by atoms with Gasteiger partial charge < -0.3 is 4.90 Å². The van der Waals surface area contributed by atoms with Crippen molar-refractivity contribution in [3.8, 4) is 0 Å². The summed E-state index contributed by atoms with van der Waals surface area (Å²) in [4.78, 5) is 5.88. The molecule has 0 aliphatic carbocycles. The fraction of sp³-hybridized carbons (Fsp3) is 0.500. The molecule has 0 amide bonds. The Bertz CT molecular complexity index is 190. The molecule has 0 aromatic carbocycles. The monoisotopic (exact) mass is 153 g/mol. The highest BCUT2D eigenvalue weighted by atomic mass is 15.1. The summed E-state index contributed by atoms with van der Waals surface area (Å²) in [5, 5.41) is 7.15. The van der Waals surface area contributed by atoms with Crippen molar-refractivity contribution >= 4 is 11.7 Å². The third-order valence-electron chi connectivity index (χ3n) is 1.06. The van der Waals surface area contributed by atoms with Gasteiger partial charge in [0.05, 0.1) is 0 Å². The Kier molecular flexibility index (Phi) is 4.18. The van der Waals surface area contributed by atoms with E-state index in [0.717, 1.165) is 5.84 Å². The number of allylic oxidation sites excluding steroid dienone is 1. The van der Waals surface area contributed by atoms with Crippen LogP contribution in [0.3, 0.4) is 0 Å². The number of hydrogen-bond acceptors (Lipinski definition) is 1. The predicted molar refractivity (Wildman–Crippen MR) is 49.3 cm³/mol. The maximum atomic E-state index is 7.15. The molecule has 0 bridgehead atoms. The van der Waals surface area contributed by atoms with Crippen LogP contribution in [0.2, 0.25) is 0 Å². The number of rotatable bonds is 1. The van der Waals surface area contributed by atoms with Crippen LogP contribution in [-0.4, -0.2) is 30.7 Å². The highest BCUT2D eigenvalue weighted by Gasteiger charge is 1.94. The van der Waals surface area contributed by atoms with Crippen LogP contribution in [-0.2, 0) is 0 Å². The van der Waals surface area contributed by atoms with Crippen LogP contribution in [0.15, 0.2) is 17.1 Å². The van der Waals surface area contributed by atoms with Gasteiger partial charge >= 0.3 is 0 Å². The van der Waals surface area contributed by atoms with Crippen LogP contribution in [0.1, 0.15) is 13.8 Å². The molecule has 1 N–H and O–H groups in total. The standard InChI is InChI=1S/C8H15N3/c1-5-6-8(11(3)4)10-7(2)9/h5-6,9H,1-4H3/b6-5-,9-7?,10-8+. The number of likely N-dealkylation sites (N-methyl/N-ethyl adjacent to an activating group) is 1. The van der Waals surface area contributed by atoms with Crippen LogP contribution >= 0.6 is 0 Å². The van der Waals surface area contributed by atoms with Gasteiger partial charge in [-0.2, -0.15) is 0 Å². The molecule has 0 radical (unpaired) electrons. The Labute approximate surface area is 67.9 Å². The lowest BCUT2D eigenvalue weighted by Crippen LogP contribution is -2.20. The van der Waals surface area contributed by atoms with Crippen molar-refractivity contribution in [1.29, 1.82) is 5.41 Å². The molecule has 3 heteroatoms. The predicted octanol–water partition coefficient (Wildman–Crippen LogP) is 1.52. The Hall–Kier alpha value is -1.12. The van der Waals surface area contributed by atoms with E-state index in [1.807, 2.05) is 38.1 Å². The van der Waals surface area contributed by atoms with Crippen molar-refractivity contribution < 1.29 is 0 Å². The number of hydrogen-bond donors (Lipinski definition) is 1. The first-order chi connectivity index (χ1) is 5.07. The summed E-state index contributed by atoms with van der Waals surface area (Å²) in [6.07, 6.45) is 3.78. The third kappa shape index (κ3) is 4.31. The van der Waals surface area contributed by atoms with Gasteiger partial charge in [-0.3, -0.25) is 5.41 Å². The zero-order chi connectivity index (χ0) is 8.85. The lowest BCUT2D eigenvalue weighted by Gasteiger charge is -2.11. The van der Waals surface area contributed by atoms with Gasteiger partial charge in [-0.25, -0.2) is 4.99 Å². The van der Waals surface area contributed by atoms with Crippen molar-refractivity contribution in [1.82, 2.24) is 4.90 Å². The highest BCUT2D eigenvalue weighted by molar-refractivity contribution is 6.00. The van der Waals surface area contributed by atoms with E-state index in [-0.39, 0.29) is 0 Å². The first-order valence-corrected chi connectivity index (χ1v) is 3.51. The van der Waals surface area contributed by atoms with Gasteiger partial charge in [0.15, 0.2) is 0 Å². The van der Waals surface area contributed by atoms with Gasteiger partial charge in [-0.1, -0.05) is 6.08 Å². The number of aliphatic imine (C=N–C) groups is 1. The molecular weight excluding hydrogens is 138 g/mol. The van der Waals surface area contributed by atoms with Gasteiger partial charge in [-0.15, -0.1) is 0 Å². The largest absolute Gasteiger partial charge is 0.363 e. The second-order valence-electron chi connectivity index (χ2n) is 2.45. The van der Waals surface area contributed by atoms with Gasteiger partial charge in [0, 0.05) is 14.1 Å². The molecule has 62 valence electrons. The second-order valence-corrected chi connectivity index (χ2v) is 2.45.